The van der Waals surface area contributed by atoms with Crippen LogP contribution in [0.1, 0.15) is 116 Å². The molecule has 0 aromatic carbocycles. The zero-order valence-corrected chi connectivity index (χ0v) is 16.1. The summed E-state index contributed by atoms with van der Waals surface area (Å²) in [7, 11) is 0. The van der Waals surface area contributed by atoms with Crippen LogP contribution in [-0.2, 0) is 4.79 Å². The van der Waals surface area contributed by atoms with E-state index in [2.05, 4.69) is 6.92 Å². The molecule has 2 nitrogen and oxygen atoms in total. The smallest absolute Gasteiger partial charge is 0.321 e. The summed E-state index contributed by atoms with van der Waals surface area (Å²) in [4.78, 5) is 10.6. The first kappa shape index (κ1) is 22.8. The van der Waals surface area contributed by atoms with Gasteiger partial charge in [-0.1, -0.05) is 110 Å². The Balaban J connectivity index is 3.04. The maximum absolute atomic E-state index is 10.6. The number of halogens is 1. The number of rotatable bonds is 18. The summed E-state index contributed by atoms with van der Waals surface area (Å²) >= 11 is 5.68. The summed E-state index contributed by atoms with van der Waals surface area (Å²) in [6, 6.07) is 0. The molecule has 0 aliphatic heterocycles. The second kappa shape index (κ2) is 18.1. The second-order valence-corrected chi connectivity index (χ2v) is 7.42. The van der Waals surface area contributed by atoms with Crippen molar-refractivity contribution in [3.63, 3.8) is 0 Å². The normalized spacial score (nSPS) is 12.4. The van der Waals surface area contributed by atoms with E-state index in [0.717, 1.165) is 12.8 Å². The molecular formula is C20H39ClO2. The Hall–Kier alpha value is -0.240. The molecule has 0 aromatic heterocycles. The fourth-order valence-electron chi connectivity index (χ4n) is 3.00. The van der Waals surface area contributed by atoms with Crippen LogP contribution in [0.2, 0.25) is 0 Å². The Bertz CT molecular complexity index is 256. The predicted molar refractivity (Wildman–Crippen MR) is 101 cm³/mol. The van der Waals surface area contributed by atoms with Gasteiger partial charge in [0.05, 0.1) is 0 Å². The molecule has 0 aliphatic rings. The Morgan fingerprint density at radius 1 is 0.696 bits per heavy atom. The van der Waals surface area contributed by atoms with Gasteiger partial charge in [0.15, 0.2) is 0 Å². The number of carboxylic acid groups (broad SMARTS) is 1. The van der Waals surface area contributed by atoms with E-state index in [1.165, 1.54) is 89.9 Å². The molecule has 0 aromatic rings. The summed E-state index contributed by atoms with van der Waals surface area (Å²) in [5.41, 5.74) is 0. The van der Waals surface area contributed by atoms with Crippen molar-refractivity contribution in [1.82, 2.24) is 0 Å². The first-order valence-electron chi connectivity index (χ1n) is 10.0. The topological polar surface area (TPSA) is 37.3 Å². The molecule has 0 spiro atoms. The van der Waals surface area contributed by atoms with Crippen LogP contribution in [-0.4, -0.2) is 16.5 Å². The third kappa shape index (κ3) is 17.9. The van der Waals surface area contributed by atoms with Gasteiger partial charge in [0, 0.05) is 0 Å². The van der Waals surface area contributed by atoms with Crippen LogP contribution in [0.25, 0.3) is 0 Å². The average molecular weight is 347 g/mol. The number of hydrogen-bond acceptors (Lipinski definition) is 1. The van der Waals surface area contributed by atoms with Gasteiger partial charge < -0.3 is 5.11 Å². The third-order valence-electron chi connectivity index (χ3n) is 4.58. The highest BCUT2D eigenvalue weighted by Gasteiger charge is 2.11. The number of hydrogen-bond donors (Lipinski definition) is 1. The second-order valence-electron chi connectivity index (χ2n) is 6.90. The molecule has 23 heavy (non-hydrogen) atoms. The summed E-state index contributed by atoms with van der Waals surface area (Å²) in [5.74, 6) is -0.882. The first-order valence-corrected chi connectivity index (χ1v) is 10.5. The number of unbranched alkanes of at least 4 members (excludes halogenated alkanes) is 15. The number of carboxylic acids is 1. The van der Waals surface area contributed by atoms with Crippen LogP contribution in [0.15, 0.2) is 0 Å². The highest BCUT2D eigenvalue weighted by atomic mass is 35.5. The molecule has 0 saturated carbocycles. The van der Waals surface area contributed by atoms with Crippen LogP contribution < -0.4 is 0 Å². The summed E-state index contributed by atoms with van der Waals surface area (Å²) in [6.07, 6.45) is 22.0. The lowest BCUT2D eigenvalue weighted by Crippen LogP contribution is -2.12. The minimum Gasteiger partial charge on any atom is -0.480 e. The van der Waals surface area contributed by atoms with Crippen LogP contribution in [0.3, 0.4) is 0 Å². The van der Waals surface area contributed by atoms with E-state index in [-0.39, 0.29) is 0 Å². The summed E-state index contributed by atoms with van der Waals surface area (Å²) < 4.78 is 0. The molecule has 0 bridgehead atoms. The minimum absolute atomic E-state index is 0.606. The molecule has 0 fully saturated rings. The fourth-order valence-corrected chi connectivity index (χ4v) is 3.15. The summed E-state index contributed by atoms with van der Waals surface area (Å²) in [6.45, 7) is 2.27. The van der Waals surface area contributed by atoms with Gasteiger partial charge in [0.25, 0.3) is 0 Å². The van der Waals surface area contributed by atoms with Gasteiger partial charge in [-0.3, -0.25) is 4.79 Å². The number of carbonyl (C=O) groups is 1. The molecule has 0 radical (unpaired) electrons. The zero-order valence-electron chi connectivity index (χ0n) is 15.3. The Morgan fingerprint density at radius 3 is 1.30 bits per heavy atom. The van der Waals surface area contributed by atoms with Crippen LogP contribution in [0.4, 0.5) is 0 Å². The van der Waals surface area contributed by atoms with Crippen LogP contribution in [0.5, 0.6) is 0 Å². The molecule has 0 saturated heterocycles. The van der Waals surface area contributed by atoms with Gasteiger partial charge in [-0.25, -0.2) is 0 Å². The third-order valence-corrected chi connectivity index (χ3v) is 4.98. The van der Waals surface area contributed by atoms with Crippen molar-refractivity contribution in [3.8, 4) is 0 Å². The molecule has 1 unspecified atom stereocenters. The minimum atomic E-state index is -0.882. The molecule has 0 aliphatic carbocycles. The molecule has 0 heterocycles. The maximum atomic E-state index is 10.6. The van der Waals surface area contributed by atoms with Gasteiger partial charge in [0.2, 0.25) is 0 Å². The van der Waals surface area contributed by atoms with E-state index < -0.39 is 11.3 Å². The van der Waals surface area contributed by atoms with Gasteiger partial charge in [-0.05, 0) is 6.42 Å². The Morgan fingerprint density at radius 2 is 1.00 bits per heavy atom. The average Bonchev–Trinajstić information content (AvgIpc) is 2.54. The van der Waals surface area contributed by atoms with Crippen molar-refractivity contribution < 1.29 is 9.90 Å². The van der Waals surface area contributed by atoms with E-state index in [9.17, 15) is 4.79 Å². The maximum Gasteiger partial charge on any atom is 0.321 e. The quantitative estimate of drug-likeness (QED) is 0.208. The van der Waals surface area contributed by atoms with Crippen molar-refractivity contribution in [2.75, 3.05) is 0 Å². The standard InChI is InChI=1S/C20H39ClO2/c1-2-3-4-5-6-7-8-9-10-11-12-13-14-15-16-17-18-19(21)20(22)23/h19H,2-18H2,1H3,(H,22,23). The fraction of sp³-hybridized carbons (Fsp3) is 0.950. The molecule has 0 rings (SSSR count). The lowest BCUT2D eigenvalue weighted by molar-refractivity contribution is -0.136. The van der Waals surface area contributed by atoms with E-state index in [1.807, 2.05) is 0 Å². The zero-order chi connectivity index (χ0) is 17.2. The monoisotopic (exact) mass is 346 g/mol. The van der Waals surface area contributed by atoms with Crippen molar-refractivity contribution in [3.05, 3.63) is 0 Å². The van der Waals surface area contributed by atoms with Gasteiger partial charge >= 0.3 is 5.97 Å². The molecule has 1 N–H and O–H groups in total. The lowest BCUT2D eigenvalue weighted by Gasteiger charge is -2.05. The molecule has 3 heteroatoms. The largest absolute Gasteiger partial charge is 0.480 e. The molecule has 1 atom stereocenters. The van der Waals surface area contributed by atoms with E-state index in [0.29, 0.717) is 6.42 Å². The summed E-state index contributed by atoms with van der Waals surface area (Å²) in [5, 5.41) is 7.98. The highest BCUT2D eigenvalue weighted by Crippen LogP contribution is 2.15. The van der Waals surface area contributed by atoms with Gasteiger partial charge in [-0.2, -0.15) is 0 Å². The highest BCUT2D eigenvalue weighted by molar-refractivity contribution is 6.29. The van der Waals surface area contributed by atoms with Crippen molar-refractivity contribution >= 4 is 17.6 Å². The first-order chi connectivity index (χ1) is 11.2. The Labute approximate surface area is 149 Å². The van der Waals surface area contributed by atoms with Gasteiger partial charge in [-0.15, -0.1) is 11.6 Å². The molecule has 0 amide bonds. The Kier molecular flexibility index (Phi) is 17.9. The van der Waals surface area contributed by atoms with Crippen LogP contribution >= 0.6 is 11.6 Å². The van der Waals surface area contributed by atoms with Crippen molar-refractivity contribution in [2.24, 2.45) is 0 Å². The van der Waals surface area contributed by atoms with E-state index in [1.54, 1.807) is 0 Å². The SMILES string of the molecule is CCCCCCCCCCCCCCCCCCC(Cl)C(=O)O. The van der Waals surface area contributed by atoms with Crippen LogP contribution in [0, 0.1) is 0 Å². The van der Waals surface area contributed by atoms with E-state index >= 15 is 0 Å². The van der Waals surface area contributed by atoms with E-state index in [4.69, 9.17) is 16.7 Å². The molecular weight excluding hydrogens is 308 g/mol. The van der Waals surface area contributed by atoms with Gasteiger partial charge in [0.1, 0.15) is 5.38 Å². The predicted octanol–water partition coefficient (Wildman–Crippen LogP) is 7.33. The molecule has 138 valence electrons. The van der Waals surface area contributed by atoms with Crippen molar-refractivity contribution in [1.29, 1.82) is 0 Å². The number of aliphatic carboxylic acids is 1. The lowest BCUT2D eigenvalue weighted by atomic mass is 10.0. The van der Waals surface area contributed by atoms with Crippen molar-refractivity contribution in [2.45, 2.75) is 121 Å². The number of alkyl halides is 1.